The summed E-state index contributed by atoms with van der Waals surface area (Å²) in [6.07, 6.45) is 0.543. The maximum Gasteiger partial charge on any atom is 0.409 e. The predicted octanol–water partition coefficient (Wildman–Crippen LogP) is 2.33. The van der Waals surface area contributed by atoms with Crippen molar-refractivity contribution in [3.05, 3.63) is 35.4 Å². The smallest absolute Gasteiger partial charge is 0.409 e. The van der Waals surface area contributed by atoms with Crippen LogP contribution in [0.3, 0.4) is 0 Å². The van der Waals surface area contributed by atoms with Crippen LogP contribution in [0, 0.1) is 0 Å². The number of rotatable bonds is 3. The first-order valence-corrected chi connectivity index (χ1v) is 6.36. The lowest BCUT2D eigenvalue weighted by Gasteiger charge is -2.16. The standard InChI is InChI=1S/C14H17NO4/c1-2-19-14(18)15-7-6-12(9-15)10-4-3-5-11(8-10)13(16)17/h3-5,8,12H,2,6-7,9H2,1H3,(H,16,17). The second-order valence-electron chi connectivity index (χ2n) is 4.56. The summed E-state index contributed by atoms with van der Waals surface area (Å²) in [5.41, 5.74) is 1.25. The number of likely N-dealkylation sites (tertiary alicyclic amines) is 1. The zero-order valence-corrected chi connectivity index (χ0v) is 10.8. The predicted molar refractivity (Wildman–Crippen MR) is 69.4 cm³/mol. The van der Waals surface area contributed by atoms with Crippen molar-refractivity contribution in [3.63, 3.8) is 0 Å². The van der Waals surface area contributed by atoms with Gasteiger partial charge in [0.1, 0.15) is 0 Å². The molecule has 1 N–H and O–H groups in total. The maximum absolute atomic E-state index is 11.6. The van der Waals surface area contributed by atoms with Gasteiger partial charge in [0.25, 0.3) is 0 Å². The van der Waals surface area contributed by atoms with Crippen LogP contribution in [0.1, 0.15) is 35.2 Å². The molecule has 0 radical (unpaired) electrons. The normalized spacial score (nSPS) is 18.4. The fourth-order valence-corrected chi connectivity index (χ4v) is 2.34. The molecule has 1 aromatic rings. The molecule has 5 nitrogen and oxygen atoms in total. The Balaban J connectivity index is 2.06. The lowest BCUT2D eigenvalue weighted by molar-refractivity contribution is 0.0696. The highest BCUT2D eigenvalue weighted by Gasteiger charge is 2.28. The Morgan fingerprint density at radius 3 is 2.95 bits per heavy atom. The summed E-state index contributed by atoms with van der Waals surface area (Å²) in [4.78, 5) is 24.2. The molecule has 19 heavy (non-hydrogen) atoms. The fraction of sp³-hybridized carbons (Fsp3) is 0.429. The van der Waals surface area contributed by atoms with Crippen molar-refractivity contribution in [3.8, 4) is 0 Å². The number of carbonyl (C=O) groups is 2. The van der Waals surface area contributed by atoms with Gasteiger partial charge in [0.15, 0.2) is 0 Å². The van der Waals surface area contributed by atoms with Crippen molar-refractivity contribution in [2.75, 3.05) is 19.7 Å². The molecular weight excluding hydrogens is 246 g/mol. The van der Waals surface area contributed by atoms with Crippen LogP contribution in [0.15, 0.2) is 24.3 Å². The molecule has 1 atom stereocenters. The first-order chi connectivity index (χ1) is 9.11. The summed E-state index contributed by atoms with van der Waals surface area (Å²) in [7, 11) is 0. The number of aromatic carboxylic acids is 1. The number of carboxylic acid groups (broad SMARTS) is 1. The Hall–Kier alpha value is -2.04. The lowest BCUT2D eigenvalue weighted by Crippen LogP contribution is -2.29. The quantitative estimate of drug-likeness (QED) is 0.908. The minimum atomic E-state index is -0.929. The minimum absolute atomic E-state index is 0.184. The van der Waals surface area contributed by atoms with Gasteiger partial charge in [-0.15, -0.1) is 0 Å². The van der Waals surface area contributed by atoms with E-state index in [9.17, 15) is 9.59 Å². The van der Waals surface area contributed by atoms with Gasteiger partial charge < -0.3 is 14.7 Å². The van der Waals surface area contributed by atoms with E-state index in [1.54, 1.807) is 30.0 Å². The van der Waals surface area contributed by atoms with E-state index in [1.165, 1.54) is 0 Å². The van der Waals surface area contributed by atoms with E-state index in [-0.39, 0.29) is 17.6 Å². The molecule has 1 amide bonds. The number of benzene rings is 1. The number of ether oxygens (including phenoxy) is 1. The number of carbonyl (C=O) groups excluding carboxylic acids is 1. The van der Waals surface area contributed by atoms with E-state index in [1.807, 2.05) is 6.07 Å². The zero-order valence-electron chi connectivity index (χ0n) is 10.8. The largest absolute Gasteiger partial charge is 0.478 e. The van der Waals surface area contributed by atoms with Gasteiger partial charge in [0, 0.05) is 19.0 Å². The molecule has 1 unspecified atom stereocenters. The van der Waals surface area contributed by atoms with Crippen LogP contribution in [-0.2, 0) is 4.74 Å². The zero-order chi connectivity index (χ0) is 13.8. The van der Waals surface area contributed by atoms with Crippen LogP contribution in [0.4, 0.5) is 4.79 Å². The van der Waals surface area contributed by atoms with E-state index >= 15 is 0 Å². The van der Waals surface area contributed by atoms with E-state index in [0.29, 0.717) is 19.7 Å². The van der Waals surface area contributed by atoms with Crippen molar-refractivity contribution in [1.82, 2.24) is 4.90 Å². The number of amides is 1. The van der Waals surface area contributed by atoms with Gasteiger partial charge in [-0.3, -0.25) is 0 Å². The summed E-state index contributed by atoms with van der Waals surface area (Å²) in [6, 6.07) is 6.91. The average molecular weight is 263 g/mol. The molecule has 5 heteroatoms. The van der Waals surface area contributed by atoms with Gasteiger partial charge in [-0.1, -0.05) is 12.1 Å². The Morgan fingerprint density at radius 1 is 1.47 bits per heavy atom. The van der Waals surface area contributed by atoms with Crippen LogP contribution in [0.25, 0.3) is 0 Å². The van der Waals surface area contributed by atoms with Gasteiger partial charge in [-0.05, 0) is 31.0 Å². The van der Waals surface area contributed by atoms with Crippen LogP contribution in [-0.4, -0.2) is 41.8 Å². The first-order valence-electron chi connectivity index (χ1n) is 6.36. The molecule has 1 aliphatic rings. The molecule has 0 aliphatic carbocycles. The van der Waals surface area contributed by atoms with Crippen molar-refractivity contribution < 1.29 is 19.4 Å². The number of carboxylic acids is 1. The fourth-order valence-electron chi connectivity index (χ4n) is 2.34. The van der Waals surface area contributed by atoms with Gasteiger partial charge in [-0.2, -0.15) is 0 Å². The molecule has 0 spiro atoms. The highest BCUT2D eigenvalue weighted by atomic mass is 16.6. The lowest BCUT2D eigenvalue weighted by atomic mass is 9.97. The summed E-state index contributed by atoms with van der Waals surface area (Å²) in [6.45, 7) is 3.39. The third-order valence-electron chi connectivity index (χ3n) is 3.32. The van der Waals surface area contributed by atoms with Crippen molar-refractivity contribution in [2.45, 2.75) is 19.3 Å². The number of nitrogens with zero attached hydrogens (tertiary/aromatic N) is 1. The Morgan fingerprint density at radius 2 is 2.26 bits per heavy atom. The molecular formula is C14H17NO4. The molecule has 0 aromatic heterocycles. The van der Waals surface area contributed by atoms with Gasteiger partial charge >= 0.3 is 12.1 Å². The van der Waals surface area contributed by atoms with E-state index in [2.05, 4.69) is 0 Å². The minimum Gasteiger partial charge on any atom is -0.478 e. The van der Waals surface area contributed by atoms with Gasteiger partial charge in [0.2, 0.25) is 0 Å². The van der Waals surface area contributed by atoms with E-state index < -0.39 is 5.97 Å². The molecule has 0 saturated carbocycles. The second kappa shape index (κ2) is 5.73. The average Bonchev–Trinajstić information content (AvgIpc) is 2.89. The van der Waals surface area contributed by atoms with Crippen LogP contribution >= 0.6 is 0 Å². The molecule has 1 fully saturated rings. The van der Waals surface area contributed by atoms with Crippen molar-refractivity contribution >= 4 is 12.1 Å². The molecule has 1 saturated heterocycles. The molecule has 102 valence electrons. The van der Waals surface area contributed by atoms with Crippen molar-refractivity contribution in [2.24, 2.45) is 0 Å². The highest BCUT2D eigenvalue weighted by Crippen LogP contribution is 2.28. The maximum atomic E-state index is 11.6. The summed E-state index contributed by atoms with van der Waals surface area (Å²) >= 11 is 0. The Labute approximate surface area is 111 Å². The molecule has 1 aromatic carbocycles. The van der Waals surface area contributed by atoms with E-state index in [4.69, 9.17) is 9.84 Å². The Bertz CT molecular complexity index is 486. The van der Waals surface area contributed by atoms with Crippen molar-refractivity contribution in [1.29, 1.82) is 0 Å². The number of hydrogen-bond donors (Lipinski definition) is 1. The van der Waals surface area contributed by atoms with Crippen LogP contribution in [0.5, 0.6) is 0 Å². The molecule has 0 bridgehead atoms. The molecule has 1 heterocycles. The topological polar surface area (TPSA) is 66.8 Å². The molecule has 2 rings (SSSR count). The van der Waals surface area contributed by atoms with Crippen LogP contribution in [0.2, 0.25) is 0 Å². The highest BCUT2D eigenvalue weighted by molar-refractivity contribution is 5.87. The monoisotopic (exact) mass is 263 g/mol. The third-order valence-corrected chi connectivity index (χ3v) is 3.32. The number of hydrogen-bond acceptors (Lipinski definition) is 3. The van der Waals surface area contributed by atoms with Gasteiger partial charge in [0.05, 0.1) is 12.2 Å². The molecule has 1 aliphatic heterocycles. The summed E-state index contributed by atoms with van der Waals surface area (Å²) < 4.78 is 4.96. The Kier molecular flexibility index (Phi) is 4.04. The first kappa shape index (κ1) is 13.4. The SMILES string of the molecule is CCOC(=O)N1CCC(c2cccc(C(=O)O)c2)C1. The van der Waals surface area contributed by atoms with Gasteiger partial charge in [-0.25, -0.2) is 9.59 Å². The third kappa shape index (κ3) is 3.05. The summed E-state index contributed by atoms with van der Waals surface area (Å²) in [5, 5.41) is 8.98. The summed E-state index contributed by atoms with van der Waals surface area (Å²) in [5.74, 6) is -0.745. The van der Waals surface area contributed by atoms with Crippen LogP contribution < -0.4 is 0 Å². The van der Waals surface area contributed by atoms with E-state index in [0.717, 1.165) is 12.0 Å². The second-order valence-corrected chi connectivity index (χ2v) is 4.56.